The minimum absolute atomic E-state index is 0.871. The average molecular weight is 199 g/mol. The van der Waals surface area contributed by atoms with Gasteiger partial charge in [0.25, 0.3) is 7.41 Å². The first kappa shape index (κ1) is 8.46. The second-order valence-electron chi connectivity index (χ2n) is 3.50. The van der Waals surface area contributed by atoms with Gasteiger partial charge in [-0.05, 0) is 19.1 Å². The molecule has 3 heterocycles. The normalized spacial score (nSPS) is 11.3. The van der Waals surface area contributed by atoms with Crippen LogP contribution >= 0.6 is 0 Å². The van der Waals surface area contributed by atoms with Crippen molar-refractivity contribution in [3.63, 3.8) is 0 Å². The van der Waals surface area contributed by atoms with Crippen molar-refractivity contribution < 1.29 is 0 Å². The van der Waals surface area contributed by atoms with E-state index in [1.807, 2.05) is 34.2 Å². The predicted molar refractivity (Wildman–Crippen MR) is 59.4 cm³/mol. The molecule has 0 saturated heterocycles. The van der Waals surface area contributed by atoms with Crippen molar-refractivity contribution in [3.05, 3.63) is 24.2 Å². The molecular formula is C9H10BN5. The third-order valence-corrected chi connectivity index (χ3v) is 2.64. The summed E-state index contributed by atoms with van der Waals surface area (Å²) in [6.07, 6.45) is 1.86. The second kappa shape index (κ2) is 2.82. The summed E-state index contributed by atoms with van der Waals surface area (Å²) in [5.41, 5.74) is 3.06. The Morgan fingerprint density at radius 3 is 2.87 bits per heavy atom. The molecule has 0 fully saturated rings. The minimum Gasteiger partial charge on any atom is -0.314 e. The predicted octanol–water partition coefficient (Wildman–Crippen LogP) is 0.635. The molecule has 3 aromatic rings. The smallest absolute Gasteiger partial charge is 0.264 e. The first-order valence-corrected chi connectivity index (χ1v) is 4.97. The minimum atomic E-state index is 0.871. The fraction of sp³-hybridized carbons (Fsp3) is 0.222. The highest BCUT2D eigenvalue weighted by Gasteiger charge is 2.08. The van der Waals surface area contributed by atoms with Gasteiger partial charge in [0.15, 0.2) is 5.65 Å². The van der Waals surface area contributed by atoms with Gasteiger partial charge in [0.2, 0.25) is 0 Å². The van der Waals surface area contributed by atoms with E-state index in [4.69, 9.17) is 0 Å². The van der Waals surface area contributed by atoms with Crippen LogP contribution in [-0.2, 0) is 0 Å². The lowest BCUT2D eigenvalue weighted by Gasteiger charge is -1.99. The molecule has 0 aromatic carbocycles. The van der Waals surface area contributed by atoms with Crippen LogP contribution in [0.15, 0.2) is 18.3 Å². The third-order valence-electron chi connectivity index (χ3n) is 2.64. The van der Waals surface area contributed by atoms with Gasteiger partial charge in [-0.1, -0.05) is 6.82 Å². The molecule has 5 nitrogen and oxygen atoms in total. The van der Waals surface area contributed by atoms with E-state index >= 15 is 0 Å². The van der Waals surface area contributed by atoms with Gasteiger partial charge < -0.3 is 4.59 Å². The number of rotatable bonds is 1. The highest BCUT2D eigenvalue weighted by molar-refractivity contribution is 6.33. The molecule has 0 spiro atoms. The lowest BCUT2D eigenvalue weighted by atomic mass is 10.0. The van der Waals surface area contributed by atoms with Crippen molar-refractivity contribution in [2.75, 3.05) is 0 Å². The molecule has 0 unspecified atom stereocenters. The van der Waals surface area contributed by atoms with Gasteiger partial charge in [-0.25, -0.2) is 0 Å². The van der Waals surface area contributed by atoms with Gasteiger partial charge in [-0.2, -0.15) is 5.10 Å². The maximum absolute atomic E-state index is 4.32. The van der Waals surface area contributed by atoms with Crippen molar-refractivity contribution in [3.8, 4) is 0 Å². The zero-order chi connectivity index (χ0) is 10.4. The standard InChI is InChI=1S/C9H10BN5/c1-6-12-13-9-4-3-7-8(14(6)9)5-11-15(7)10-2/h3-5,10H,1-2H3. The molecular weight excluding hydrogens is 189 g/mol. The molecule has 74 valence electrons. The van der Waals surface area contributed by atoms with Gasteiger partial charge in [0.05, 0.1) is 17.2 Å². The number of aryl methyl sites for hydroxylation is 1. The van der Waals surface area contributed by atoms with Gasteiger partial charge in [0, 0.05) is 0 Å². The number of fused-ring (bicyclic) bond motifs is 3. The Balaban J connectivity index is 2.54. The Morgan fingerprint density at radius 1 is 1.20 bits per heavy atom. The molecule has 3 aromatic heterocycles. The first-order chi connectivity index (χ1) is 7.31. The highest BCUT2D eigenvalue weighted by atomic mass is 15.3. The van der Waals surface area contributed by atoms with Crippen LogP contribution in [0.2, 0.25) is 6.82 Å². The number of hydrogen-bond donors (Lipinski definition) is 0. The van der Waals surface area contributed by atoms with E-state index in [9.17, 15) is 0 Å². The molecule has 0 aliphatic carbocycles. The molecule has 0 aliphatic rings. The van der Waals surface area contributed by atoms with E-state index < -0.39 is 0 Å². The zero-order valence-electron chi connectivity index (χ0n) is 8.68. The summed E-state index contributed by atoms with van der Waals surface area (Å²) >= 11 is 0. The van der Waals surface area contributed by atoms with Gasteiger partial charge in [-0.15, -0.1) is 10.2 Å². The third kappa shape index (κ3) is 1.01. The Labute approximate surface area is 87.0 Å². The van der Waals surface area contributed by atoms with Gasteiger partial charge >= 0.3 is 0 Å². The summed E-state index contributed by atoms with van der Waals surface area (Å²) in [4.78, 5) is 0. The topological polar surface area (TPSA) is 48.0 Å². The summed E-state index contributed by atoms with van der Waals surface area (Å²) in [5, 5.41) is 12.5. The quantitative estimate of drug-likeness (QED) is 0.540. The van der Waals surface area contributed by atoms with Crippen LogP contribution in [-0.4, -0.2) is 31.7 Å². The number of aromatic nitrogens is 5. The Hall–Kier alpha value is -1.85. The Kier molecular flexibility index (Phi) is 1.59. The van der Waals surface area contributed by atoms with Crippen molar-refractivity contribution >= 4 is 24.1 Å². The number of hydrogen-bond acceptors (Lipinski definition) is 3. The van der Waals surface area contributed by atoms with Crippen LogP contribution in [0, 0.1) is 6.92 Å². The van der Waals surface area contributed by atoms with Crippen molar-refractivity contribution in [2.45, 2.75) is 13.7 Å². The van der Waals surface area contributed by atoms with E-state index in [-0.39, 0.29) is 0 Å². The summed E-state index contributed by atoms with van der Waals surface area (Å²) < 4.78 is 3.99. The van der Waals surface area contributed by atoms with Crippen LogP contribution in [0.4, 0.5) is 0 Å². The summed E-state index contributed by atoms with van der Waals surface area (Å²) in [6, 6.07) is 4.01. The molecule has 0 saturated carbocycles. The van der Waals surface area contributed by atoms with Crippen LogP contribution in [0.1, 0.15) is 5.82 Å². The molecule has 0 aliphatic heterocycles. The van der Waals surface area contributed by atoms with Crippen molar-refractivity contribution in [1.82, 2.24) is 24.3 Å². The monoisotopic (exact) mass is 199 g/mol. The fourth-order valence-corrected chi connectivity index (χ4v) is 1.92. The molecule has 0 N–H and O–H groups in total. The lowest BCUT2D eigenvalue weighted by Crippen LogP contribution is -2.02. The highest BCUT2D eigenvalue weighted by Crippen LogP contribution is 2.16. The Morgan fingerprint density at radius 2 is 2.07 bits per heavy atom. The van der Waals surface area contributed by atoms with Crippen LogP contribution in [0.3, 0.4) is 0 Å². The van der Waals surface area contributed by atoms with Crippen LogP contribution in [0.5, 0.6) is 0 Å². The first-order valence-electron chi connectivity index (χ1n) is 4.97. The maximum atomic E-state index is 4.32. The molecule has 0 atom stereocenters. The van der Waals surface area contributed by atoms with Gasteiger partial charge in [-0.3, -0.25) is 4.40 Å². The van der Waals surface area contributed by atoms with Crippen LogP contribution in [0.25, 0.3) is 16.7 Å². The second-order valence-corrected chi connectivity index (χ2v) is 3.50. The Bertz CT molecular complexity index is 638. The number of nitrogens with zero attached hydrogens (tertiary/aromatic N) is 5. The summed E-state index contributed by atoms with van der Waals surface area (Å²) in [5.74, 6) is 0.895. The maximum Gasteiger partial charge on any atom is 0.264 e. The lowest BCUT2D eigenvalue weighted by molar-refractivity contribution is 1.01. The molecule has 0 bridgehead atoms. The van der Waals surface area contributed by atoms with Crippen molar-refractivity contribution in [2.24, 2.45) is 0 Å². The van der Waals surface area contributed by atoms with Crippen molar-refractivity contribution in [1.29, 1.82) is 0 Å². The molecule has 0 radical (unpaired) electrons. The molecule has 15 heavy (non-hydrogen) atoms. The van der Waals surface area contributed by atoms with E-state index in [2.05, 4.69) is 22.1 Å². The average Bonchev–Trinajstić information content (AvgIpc) is 2.81. The molecule has 6 heteroatoms. The number of pyridine rings is 1. The summed E-state index contributed by atoms with van der Waals surface area (Å²) in [7, 11) is 0.871. The van der Waals surface area contributed by atoms with E-state index in [1.54, 1.807) is 0 Å². The van der Waals surface area contributed by atoms with E-state index in [1.165, 1.54) is 0 Å². The summed E-state index contributed by atoms with van der Waals surface area (Å²) in [6.45, 7) is 4.03. The van der Waals surface area contributed by atoms with E-state index in [0.717, 1.165) is 29.9 Å². The van der Waals surface area contributed by atoms with E-state index in [0.29, 0.717) is 0 Å². The largest absolute Gasteiger partial charge is 0.314 e. The SMILES string of the molecule is CBn1ncc2c1ccc1nnc(C)n12. The van der Waals surface area contributed by atoms with Crippen LogP contribution < -0.4 is 0 Å². The molecule has 0 amide bonds. The molecule has 3 rings (SSSR count). The zero-order valence-corrected chi connectivity index (χ0v) is 8.68. The van der Waals surface area contributed by atoms with Gasteiger partial charge in [0.1, 0.15) is 5.82 Å². The fourth-order valence-electron chi connectivity index (χ4n) is 1.92.